The number of anilines is 1. The van der Waals surface area contributed by atoms with Gasteiger partial charge in [-0.05, 0) is 44.9 Å². The molecule has 0 spiro atoms. The van der Waals surface area contributed by atoms with Gasteiger partial charge in [-0.2, -0.15) is 5.26 Å². The van der Waals surface area contributed by atoms with Crippen LogP contribution in [0.25, 0.3) is 0 Å². The van der Waals surface area contributed by atoms with Gasteiger partial charge in [-0.1, -0.05) is 24.3 Å². The lowest BCUT2D eigenvalue weighted by Gasteiger charge is -2.24. The molecule has 6 nitrogen and oxygen atoms in total. The Labute approximate surface area is 154 Å². The van der Waals surface area contributed by atoms with E-state index in [2.05, 4.69) is 16.7 Å². The molecule has 2 N–H and O–H groups in total. The van der Waals surface area contributed by atoms with Crippen molar-refractivity contribution in [3.63, 3.8) is 0 Å². The highest BCUT2D eigenvalue weighted by molar-refractivity contribution is 5.88. The number of aromatic nitrogens is 1. The molecule has 0 bridgehead atoms. The Hall–Kier alpha value is -2.78. The van der Waals surface area contributed by atoms with Crippen LogP contribution < -0.4 is 10.6 Å². The summed E-state index contributed by atoms with van der Waals surface area (Å²) in [7, 11) is 0. The summed E-state index contributed by atoms with van der Waals surface area (Å²) in [6.45, 7) is 9.71. The zero-order valence-electron chi connectivity index (χ0n) is 15.8. The normalized spacial score (nSPS) is 11.0. The van der Waals surface area contributed by atoms with E-state index in [0.29, 0.717) is 31.1 Å². The van der Waals surface area contributed by atoms with Crippen molar-refractivity contribution in [3.8, 4) is 6.07 Å². The van der Waals surface area contributed by atoms with Crippen LogP contribution in [-0.2, 0) is 23.4 Å². The largest absolute Gasteiger partial charge is 0.377 e. The van der Waals surface area contributed by atoms with E-state index < -0.39 is 0 Å². The zero-order valence-corrected chi connectivity index (χ0v) is 15.8. The number of rotatable bonds is 6. The highest BCUT2D eigenvalue weighted by Gasteiger charge is 2.19. The summed E-state index contributed by atoms with van der Waals surface area (Å²) in [5.41, 5.74) is 2.38. The SMILES string of the molecule is CCOCc1ccc(CNC(=O)Nc2cc(C#N)cn2C(C)(C)C)cc1. The average Bonchev–Trinajstić information content (AvgIpc) is 3.02. The first kappa shape index (κ1) is 19.5. The van der Waals surface area contributed by atoms with Crippen LogP contribution in [0.5, 0.6) is 0 Å². The second kappa shape index (κ2) is 8.54. The molecule has 2 aromatic rings. The van der Waals surface area contributed by atoms with Gasteiger partial charge in [-0.15, -0.1) is 0 Å². The summed E-state index contributed by atoms with van der Waals surface area (Å²) in [6.07, 6.45) is 1.74. The fraction of sp³-hybridized carbons (Fsp3) is 0.400. The molecule has 0 fully saturated rings. The Morgan fingerprint density at radius 2 is 1.88 bits per heavy atom. The van der Waals surface area contributed by atoms with Crippen molar-refractivity contribution in [2.75, 3.05) is 11.9 Å². The maximum absolute atomic E-state index is 12.2. The van der Waals surface area contributed by atoms with Gasteiger partial charge in [-0.3, -0.25) is 5.32 Å². The van der Waals surface area contributed by atoms with Crippen LogP contribution >= 0.6 is 0 Å². The van der Waals surface area contributed by atoms with Gasteiger partial charge in [-0.25, -0.2) is 4.79 Å². The maximum atomic E-state index is 12.2. The quantitative estimate of drug-likeness (QED) is 0.824. The Morgan fingerprint density at radius 1 is 1.23 bits per heavy atom. The summed E-state index contributed by atoms with van der Waals surface area (Å²) in [6, 6.07) is 11.4. The number of benzene rings is 1. The topological polar surface area (TPSA) is 79.1 Å². The fourth-order valence-corrected chi connectivity index (χ4v) is 2.49. The van der Waals surface area contributed by atoms with Crippen molar-refractivity contribution in [1.29, 1.82) is 5.26 Å². The van der Waals surface area contributed by atoms with Crippen LogP contribution in [0.2, 0.25) is 0 Å². The van der Waals surface area contributed by atoms with Crippen molar-refractivity contribution >= 4 is 11.8 Å². The number of nitrogens with one attached hydrogen (secondary N) is 2. The number of ether oxygens (including phenoxy) is 1. The van der Waals surface area contributed by atoms with Crippen molar-refractivity contribution in [2.45, 2.75) is 46.4 Å². The number of nitriles is 1. The Bertz CT molecular complexity index is 780. The van der Waals surface area contributed by atoms with E-state index in [-0.39, 0.29) is 11.6 Å². The van der Waals surface area contributed by atoms with Crippen molar-refractivity contribution in [1.82, 2.24) is 9.88 Å². The second-order valence-corrected chi connectivity index (χ2v) is 7.03. The molecular weight excluding hydrogens is 328 g/mol. The molecule has 1 heterocycles. The van der Waals surface area contributed by atoms with Gasteiger partial charge in [0.1, 0.15) is 11.9 Å². The maximum Gasteiger partial charge on any atom is 0.320 e. The molecule has 0 aliphatic heterocycles. The summed E-state index contributed by atoms with van der Waals surface area (Å²) in [4.78, 5) is 12.2. The molecule has 0 radical (unpaired) electrons. The lowest BCUT2D eigenvalue weighted by atomic mass is 10.1. The van der Waals surface area contributed by atoms with Gasteiger partial charge in [0.05, 0.1) is 12.2 Å². The standard InChI is InChI=1S/C20H26N4O2/c1-5-26-14-16-8-6-15(7-9-16)12-22-19(25)23-18-10-17(11-21)13-24(18)20(2,3)4/h6-10,13H,5,12,14H2,1-4H3,(H2,22,23,25). The molecule has 0 aliphatic rings. The van der Waals surface area contributed by atoms with E-state index in [4.69, 9.17) is 10.00 Å². The first-order chi connectivity index (χ1) is 12.3. The van der Waals surface area contributed by atoms with Crippen LogP contribution in [0.4, 0.5) is 10.6 Å². The van der Waals surface area contributed by atoms with E-state index in [9.17, 15) is 4.79 Å². The zero-order chi connectivity index (χ0) is 19.2. The van der Waals surface area contributed by atoms with Crippen LogP contribution in [0.15, 0.2) is 36.5 Å². The highest BCUT2D eigenvalue weighted by atomic mass is 16.5. The number of carbonyl (C=O) groups excluding carboxylic acids is 1. The molecule has 0 saturated carbocycles. The minimum absolute atomic E-state index is 0.242. The number of amides is 2. The van der Waals surface area contributed by atoms with Crippen molar-refractivity contribution in [3.05, 3.63) is 53.2 Å². The first-order valence-corrected chi connectivity index (χ1v) is 8.67. The van der Waals surface area contributed by atoms with Gasteiger partial charge in [0.15, 0.2) is 0 Å². The Kier molecular flexibility index (Phi) is 6.42. The number of nitrogens with zero attached hydrogens (tertiary/aromatic N) is 2. The van der Waals surface area contributed by atoms with Gasteiger partial charge in [0, 0.05) is 24.9 Å². The summed E-state index contributed by atoms with van der Waals surface area (Å²) >= 11 is 0. The number of urea groups is 1. The Morgan fingerprint density at radius 3 is 2.46 bits per heavy atom. The molecule has 0 atom stereocenters. The fourth-order valence-electron chi connectivity index (χ4n) is 2.49. The van der Waals surface area contributed by atoms with E-state index in [1.807, 2.05) is 56.5 Å². The first-order valence-electron chi connectivity index (χ1n) is 8.67. The average molecular weight is 354 g/mol. The lowest BCUT2D eigenvalue weighted by molar-refractivity contribution is 0.134. The van der Waals surface area contributed by atoms with Crippen LogP contribution in [-0.4, -0.2) is 17.2 Å². The molecule has 0 saturated heterocycles. The smallest absolute Gasteiger partial charge is 0.320 e. The number of carbonyl (C=O) groups is 1. The third-order valence-electron chi connectivity index (χ3n) is 3.86. The van der Waals surface area contributed by atoms with Crippen LogP contribution in [0.1, 0.15) is 44.4 Å². The third-order valence-corrected chi connectivity index (χ3v) is 3.86. The predicted octanol–water partition coefficient (Wildman–Crippen LogP) is 3.97. The van der Waals surface area contributed by atoms with E-state index in [1.165, 1.54) is 0 Å². The molecule has 2 rings (SSSR count). The summed E-state index contributed by atoms with van der Waals surface area (Å²) in [5, 5.41) is 14.8. The molecule has 2 amide bonds. The number of hydrogen-bond donors (Lipinski definition) is 2. The predicted molar refractivity (Wildman–Crippen MR) is 102 cm³/mol. The molecule has 26 heavy (non-hydrogen) atoms. The molecule has 0 aliphatic carbocycles. The summed E-state index contributed by atoms with van der Waals surface area (Å²) in [5.74, 6) is 0.596. The minimum atomic E-state index is -0.309. The highest BCUT2D eigenvalue weighted by Crippen LogP contribution is 2.23. The molecule has 0 unspecified atom stereocenters. The molecule has 1 aromatic heterocycles. The van der Waals surface area contributed by atoms with Crippen LogP contribution in [0.3, 0.4) is 0 Å². The van der Waals surface area contributed by atoms with Crippen molar-refractivity contribution in [2.24, 2.45) is 0 Å². The van der Waals surface area contributed by atoms with E-state index in [0.717, 1.165) is 11.1 Å². The van der Waals surface area contributed by atoms with Gasteiger partial charge >= 0.3 is 6.03 Å². The van der Waals surface area contributed by atoms with Crippen molar-refractivity contribution < 1.29 is 9.53 Å². The number of hydrogen-bond acceptors (Lipinski definition) is 3. The van der Waals surface area contributed by atoms with E-state index >= 15 is 0 Å². The molecule has 138 valence electrons. The molecule has 6 heteroatoms. The molecule has 1 aromatic carbocycles. The van der Waals surface area contributed by atoms with Crippen LogP contribution in [0, 0.1) is 11.3 Å². The van der Waals surface area contributed by atoms with E-state index in [1.54, 1.807) is 12.3 Å². The minimum Gasteiger partial charge on any atom is -0.377 e. The second-order valence-electron chi connectivity index (χ2n) is 7.03. The van der Waals surface area contributed by atoms with Gasteiger partial charge < -0.3 is 14.6 Å². The molecular formula is C20H26N4O2. The Balaban J connectivity index is 1.95. The summed E-state index contributed by atoms with van der Waals surface area (Å²) < 4.78 is 7.25. The third kappa shape index (κ3) is 5.36. The lowest BCUT2D eigenvalue weighted by Crippen LogP contribution is -2.31. The van der Waals surface area contributed by atoms with Gasteiger partial charge in [0.2, 0.25) is 0 Å². The monoisotopic (exact) mass is 354 g/mol. The van der Waals surface area contributed by atoms with Gasteiger partial charge in [0.25, 0.3) is 0 Å².